The predicted molar refractivity (Wildman–Crippen MR) is 77.6 cm³/mol. The zero-order valence-electron chi connectivity index (χ0n) is 11.3. The summed E-state index contributed by atoms with van der Waals surface area (Å²) in [5.41, 5.74) is 10.6. The summed E-state index contributed by atoms with van der Waals surface area (Å²) < 4.78 is 2.09. The maximum Gasteiger partial charge on any atom is 0.225 e. The van der Waals surface area contributed by atoms with Crippen LogP contribution in [0.1, 0.15) is 22.0 Å². The first-order chi connectivity index (χ1) is 8.61. The van der Waals surface area contributed by atoms with Crippen molar-refractivity contribution in [2.45, 2.75) is 26.8 Å². The minimum absolute atomic E-state index is 0. The minimum Gasteiger partial charge on any atom is -1.00 e. The maximum atomic E-state index is 8.97. The second kappa shape index (κ2) is 8.36. The molecule has 3 N–H and O–H groups in total. The molecule has 0 atom stereocenters. The van der Waals surface area contributed by atoms with Gasteiger partial charge in [0.25, 0.3) is 0 Å². The van der Waals surface area contributed by atoms with E-state index in [2.05, 4.69) is 14.5 Å². The Kier molecular flexibility index (Phi) is 7.96. The molecule has 0 aromatic carbocycles. The molecule has 2 heterocycles. The summed E-state index contributed by atoms with van der Waals surface area (Å²) in [4.78, 5) is 9.72. The van der Waals surface area contributed by atoms with Crippen LogP contribution in [0.2, 0.25) is 0 Å². The highest BCUT2D eigenvalue weighted by Crippen LogP contribution is 2.13. The highest BCUT2D eigenvalue weighted by Gasteiger charge is 2.17. The normalized spacial score (nSPS) is 9.75. The number of rotatable bonds is 4. The topological polar surface area (TPSA) is 75.9 Å². The number of nitrogen functional groups attached to an aromatic ring is 1. The van der Waals surface area contributed by atoms with Gasteiger partial charge in [-0.1, -0.05) is 11.3 Å². The fraction of sp³-hybridized carbons (Fsp3) is 0.417. The Morgan fingerprint density at radius 3 is 2.70 bits per heavy atom. The summed E-state index contributed by atoms with van der Waals surface area (Å²) in [5.74, 6) is 0.483. The summed E-state index contributed by atoms with van der Waals surface area (Å²) in [6.07, 6.45) is 2.42. The number of aliphatic hydroxyl groups excluding tert-OH is 1. The van der Waals surface area contributed by atoms with Crippen molar-refractivity contribution in [1.29, 1.82) is 0 Å². The van der Waals surface area contributed by atoms with Gasteiger partial charge in [0.05, 0.1) is 10.6 Å². The minimum atomic E-state index is 0. The molecule has 0 saturated heterocycles. The van der Waals surface area contributed by atoms with Crippen molar-refractivity contribution in [2.24, 2.45) is 0 Å². The molecule has 0 aliphatic rings. The van der Waals surface area contributed by atoms with E-state index < -0.39 is 0 Å². The molecule has 2 aromatic heterocycles. The summed E-state index contributed by atoms with van der Waals surface area (Å²) in [6, 6.07) is 0. The quantitative estimate of drug-likeness (QED) is 0.635. The standard InChI is InChI=1S/C12H17N4OS.2ClH/c1-8-5-14-10(12(13)15-8)6-16-7-18-11(3-4-17)9(16)2;;/h5,7,17H,3-4,6H2,1-2H3,(H2,13,15);2*1H/q+1;;/p-1. The number of aliphatic hydroxyl groups is 1. The summed E-state index contributed by atoms with van der Waals surface area (Å²) in [6.45, 7) is 4.70. The highest BCUT2D eigenvalue weighted by atomic mass is 35.5. The molecule has 20 heavy (non-hydrogen) atoms. The van der Waals surface area contributed by atoms with E-state index in [1.807, 2.05) is 19.4 Å². The Balaban J connectivity index is 0.00000180. The van der Waals surface area contributed by atoms with Crippen molar-refractivity contribution in [3.63, 3.8) is 0 Å². The molecule has 0 saturated carbocycles. The number of aromatic nitrogens is 3. The van der Waals surface area contributed by atoms with Gasteiger partial charge in [-0.3, -0.25) is 0 Å². The van der Waals surface area contributed by atoms with E-state index in [1.54, 1.807) is 17.5 Å². The van der Waals surface area contributed by atoms with Gasteiger partial charge in [-0.25, -0.2) is 9.97 Å². The first-order valence-electron chi connectivity index (χ1n) is 5.77. The van der Waals surface area contributed by atoms with E-state index in [1.165, 1.54) is 4.88 Å². The van der Waals surface area contributed by atoms with Crippen LogP contribution in [0.25, 0.3) is 0 Å². The zero-order valence-corrected chi connectivity index (χ0v) is 13.7. The van der Waals surface area contributed by atoms with Crippen LogP contribution in [0, 0.1) is 13.8 Å². The van der Waals surface area contributed by atoms with Crippen LogP contribution in [0.5, 0.6) is 0 Å². The number of halogens is 2. The zero-order chi connectivity index (χ0) is 13.1. The molecule has 0 unspecified atom stereocenters. The molecular formula is C12H18Cl2N4OS. The van der Waals surface area contributed by atoms with Crippen LogP contribution >= 0.6 is 23.7 Å². The van der Waals surface area contributed by atoms with Gasteiger partial charge < -0.3 is 23.2 Å². The molecule has 5 nitrogen and oxygen atoms in total. The fourth-order valence-electron chi connectivity index (χ4n) is 1.75. The molecule has 0 amide bonds. The van der Waals surface area contributed by atoms with Gasteiger partial charge in [0, 0.05) is 26.1 Å². The molecule has 2 aromatic rings. The number of aryl methyl sites for hydroxylation is 1. The second-order valence-electron chi connectivity index (χ2n) is 4.18. The third-order valence-corrected chi connectivity index (χ3v) is 3.96. The second-order valence-corrected chi connectivity index (χ2v) is 5.12. The molecule has 0 spiro atoms. The van der Waals surface area contributed by atoms with Crippen molar-refractivity contribution in [1.82, 2.24) is 9.97 Å². The van der Waals surface area contributed by atoms with E-state index >= 15 is 0 Å². The van der Waals surface area contributed by atoms with Crippen LogP contribution in [0.4, 0.5) is 5.82 Å². The summed E-state index contributed by atoms with van der Waals surface area (Å²) >= 11 is 1.64. The molecule has 2 rings (SSSR count). The van der Waals surface area contributed by atoms with Gasteiger partial charge in [0.15, 0.2) is 18.1 Å². The third kappa shape index (κ3) is 4.28. The van der Waals surface area contributed by atoms with Crippen molar-refractivity contribution in [2.75, 3.05) is 12.3 Å². The van der Waals surface area contributed by atoms with Crippen molar-refractivity contribution in [3.8, 4) is 0 Å². The van der Waals surface area contributed by atoms with Gasteiger partial charge >= 0.3 is 0 Å². The predicted octanol–water partition coefficient (Wildman–Crippen LogP) is -1.97. The Labute approximate surface area is 134 Å². The van der Waals surface area contributed by atoms with Crippen LogP contribution in [-0.2, 0) is 13.0 Å². The van der Waals surface area contributed by atoms with Gasteiger partial charge in [0.2, 0.25) is 5.51 Å². The Hall–Kier alpha value is -0.950. The molecule has 8 heteroatoms. The van der Waals surface area contributed by atoms with E-state index in [-0.39, 0.29) is 31.4 Å². The number of thiazole rings is 1. The lowest BCUT2D eigenvalue weighted by atomic mass is 10.3. The lowest BCUT2D eigenvalue weighted by molar-refractivity contribution is -0.690. The van der Waals surface area contributed by atoms with E-state index in [0.717, 1.165) is 17.1 Å². The van der Waals surface area contributed by atoms with Crippen LogP contribution in [0.15, 0.2) is 11.7 Å². The molecule has 0 fully saturated rings. The van der Waals surface area contributed by atoms with Gasteiger partial charge in [-0.05, 0) is 6.92 Å². The van der Waals surface area contributed by atoms with Gasteiger partial charge in [-0.2, -0.15) is 4.57 Å². The first kappa shape index (κ1) is 19.1. The number of hydrogen-bond donors (Lipinski definition) is 2. The Morgan fingerprint density at radius 1 is 1.40 bits per heavy atom. The van der Waals surface area contributed by atoms with Crippen LogP contribution < -0.4 is 22.7 Å². The average Bonchev–Trinajstić information content (AvgIpc) is 2.66. The lowest BCUT2D eigenvalue weighted by Crippen LogP contribution is -3.00. The number of hydrogen-bond acceptors (Lipinski definition) is 5. The molecule has 112 valence electrons. The number of anilines is 1. The van der Waals surface area contributed by atoms with E-state index in [9.17, 15) is 0 Å². The Morgan fingerprint density at radius 2 is 2.10 bits per heavy atom. The molecule has 0 radical (unpaired) electrons. The third-order valence-electron chi connectivity index (χ3n) is 2.82. The largest absolute Gasteiger partial charge is 1.00 e. The van der Waals surface area contributed by atoms with Crippen molar-refractivity contribution in [3.05, 3.63) is 33.7 Å². The van der Waals surface area contributed by atoms with Crippen molar-refractivity contribution >= 4 is 29.6 Å². The molecule has 0 aliphatic heterocycles. The van der Waals surface area contributed by atoms with Gasteiger partial charge in [-0.15, -0.1) is 12.4 Å². The van der Waals surface area contributed by atoms with Crippen molar-refractivity contribution < 1.29 is 22.1 Å². The smallest absolute Gasteiger partial charge is 0.225 e. The lowest BCUT2D eigenvalue weighted by Gasteiger charge is -2.01. The summed E-state index contributed by atoms with van der Waals surface area (Å²) in [7, 11) is 0. The summed E-state index contributed by atoms with van der Waals surface area (Å²) in [5, 5.41) is 8.97. The fourth-order valence-corrected chi connectivity index (χ4v) is 2.74. The van der Waals surface area contributed by atoms with Crippen LogP contribution in [0.3, 0.4) is 0 Å². The van der Waals surface area contributed by atoms with Gasteiger partial charge in [0.1, 0.15) is 5.69 Å². The number of nitrogens with two attached hydrogens (primary N) is 1. The van der Waals surface area contributed by atoms with E-state index in [0.29, 0.717) is 18.8 Å². The SMILES string of the molecule is Cc1cnc(C[n+]2csc(CCO)c2C)c(N)n1.Cl.[Cl-]. The maximum absolute atomic E-state index is 8.97. The number of nitrogens with zero attached hydrogens (tertiary/aromatic N) is 3. The Bertz CT molecular complexity index is 562. The molecule has 0 bridgehead atoms. The van der Waals surface area contributed by atoms with Crippen LogP contribution in [-0.4, -0.2) is 21.7 Å². The highest BCUT2D eigenvalue weighted by molar-refractivity contribution is 7.09. The molecule has 0 aliphatic carbocycles. The monoisotopic (exact) mass is 336 g/mol. The first-order valence-corrected chi connectivity index (χ1v) is 6.65. The van der Waals surface area contributed by atoms with E-state index in [4.69, 9.17) is 10.8 Å². The average molecular weight is 337 g/mol. The molecular weight excluding hydrogens is 319 g/mol.